The molecule has 2 heterocycles. The van der Waals surface area contributed by atoms with Gasteiger partial charge in [-0.1, -0.05) is 17.7 Å². The van der Waals surface area contributed by atoms with Crippen molar-refractivity contribution in [3.05, 3.63) is 82.4 Å². The van der Waals surface area contributed by atoms with Crippen molar-refractivity contribution >= 4 is 27.3 Å². The zero-order valence-electron chi connectivity index (χ0n) is 20.3. The van der Waals surface area contributed by atoms with Crippen LogP contribution in [0.25, 0.3) is 0 Å². The average molecular weight is 549 g/mol. The predicted molar refractivity (Wildman–Crippen MR) is 138 cm³/mol. The normalized spacial score (nSPS) is 17.4. The number of rotatable bonds is 8. The second kappa shape index (κ2) is 10.5. The SMILES string of the molecule is CC1Oc2ccc(S(=O)(=O)N(CCN3CCCC3)c3ccc(Cl)cc3Cc3c(F)cccc3F)cc2O1. The van der Waals surface area contributed by atoms with E-state index in [-0.39, 0.29) is 23.4 Å². The van der Waals surface area contributed by atoms with Crippen LogP contribution in [0.15, 0.2) is 59.5 Å². The molecule has 1 unspecified atom stereocenters. The van der Waals surface area contributed by atoms with Gasteiger partial charge in [0.25, 0.3) is 10.0 Å². The highest BCUT2D eigenvalue weighted by atomic mass is 35.5. The number of benzene rings is 3. The van der Waals surface area contributed by atoms with E-state index in [0.29, 0.717) is 34.3 Å². The van der Waals surface area contributed by atoms with Crippen LogP contribution in [0.4, 0.5) is 14.5 Å². The maximum absolute atomic E-state index is 14.5. The molecule has 196 valence electrons. The molecule has 0 aliphatic carbocycles. The van der Waals surface area contributed by atoms with Gasteiger partial charge in [0.1, 0.15) is 11.6 Å². The molecule has 0 saturated carbocycles. The number of fused-ring (bicyclic) bond motifs is 1. The molecule has 0 aromatic heterocycles. The van der Waals surface area contributed by atoms with Crippen molar-refractivity contribution in [1.29, 1.82) is 0 Å². The van der Waals surface area contributed by atoms with Crippen molar-refractivity contribution < 1.29 is 26.7 Å². The number of sulfonamides is 1. The molecule has 0 N–H and O–H groups in total. The van der Waals surface area contributed by atoms with E-state index in [9.17, 15) is 17.2 Å². The molecule has 5 rings (SSSR count). The Morgan fingerprint density at radius 3 is 2.43 bits per heavy atom. The van der Waals surface area contributed by atoms with Crippen LogP contribution in [0.1, 0.15) is 30.9 Å². The van der Waals surface area contributed by atoms with Crippen molar-refractivity contribution in [2.75, 3.05) is 30.5 Å². The van der Waals surface area contributed by atoms with Gasteiger partial charge in [0.2, 0.25) is 6.29 Å². The van der Waals surface area contributed by atoms with Crippen molar-refractivity contribution in [1.82, 2.24) is 4.90 Å². The molecule has 2 aliphatic rings. The molecule has 10 heteroatoms. The Balaban J connectivity index is 1.57. The van der Waals surface area contributed by atoms with Crippen LogP contribution in [-0.2, 0) is 16.4 Å². The topological polar surface area (TPSA) is 59.1 Å². The minimum absolute atomic E-state index is 0.0309. The third-order valence-electron chi connectivity index (χ3n) is 6.65. The van der Waals surface area contributed by atoms with Gasteiger partial charge in [-0.15, -0.1) is 0 Å². The van der Waals surface area contributed by atoms with E-state index in [1.807, 2.05) is 0 Å². The largest absolute Gasteiger partial charge is 0.451 e. The Hall–Kier alpha value is -2.88. The Kier molecular flexibility index (Phi) is 7.29. The molecule has 1 atom stereocenters. The van der Waals surface area contributed by atoms with Crippen molar-refractivity contribution in [2.24, 2.45) is 0 Å². The Morgan fingerprint density at radius 2 is 1.70 bits per heavy atom. The predicted octanol–water partition coefficient (Wildman–Crippen LogP) is 5.62. The van der Waals surface area contributed by atoms with Gasteiger partial charge in [-0.05, 0) is 74.0 Å². The molecule has 0 spiro atoms. The van der Waals surface area contributed by atoms with Gasteiger partial charge < -0.3 is 14.4 Å². The van der Waals surface area contributed by atoms with Gasteiger partial charge in [0, 0.05) is 43.1 Å². The summed E-state index contributed by atoms with van der Waals surface area (Å²) < 4.78 is 69.7. The number of nitrogens with zero attached hydrogens (tertiary/aromatic N) is 2. The Labute approximate surface area is 220 Å². The highest BCUT2D eigenvalue weighted by Gasteiger charge is 2.31. The third kappa shape index (κ3) is 5.39. The first-order valence-corrected chi connectivity index (χ1v) is 14.0. The van der Waals surface area contributed by atoms with Crippen LogP contribution in [0.5, 0.6) is 11.5 Å². The number of anilines is 1. The first kappa shape index (κ1) is 25.8. The monoisotopic (exact) mass is 548 g/mol. The molecule has 37 heavy (non-hydrogen) atoms. The first-order chi connectivity index (χ1) is 17.7. The highest BCUT2D eigenvalue weighted by Crippen LogP contribution is 2.38. The third-order valence-corrected chi connectivity index (χ3v) is 8.69. The number of hydrogen-bond acceptors (Lipinski definition) is 5. The second-order valence-electron chi connectivity index (χ2n) is 9.19. The van der Waals surface area contributed by atoms with Gasteiger partial charge >= 0.3 is 0 Å². The maximum Gasteiger partial charge on any atom is 0.264 e. The molecule has 6 nitrogen and oxygen atoms in total. The van der Waals surface area contributed by atoms with Crippen LogP contribution < -0.4 is 13.8 Å². The van der Waals surface area contributed by atoms with Crippen LogP contribution in [-0.4, -0.2) is 45.8 Å². The van der Waals surface area contributed by atoms with E-state index < -0.39 is 27.9 Å². The standard InChI is InChI=1S/C27H27ClF2N2O4S/c1-18-35-26-10-8-21(17-27(26)36-18)37(33,34)32(14-13-31-11-2-3-12-31)25-9-7-20(28)15-19(25)16-22-23(29)5-4-6-24(22)30/h4-10,15,17-18H,2-3,11-14,16H2,1H3. The minimum Gasteiger partial charge on any atom is -0.451 e. The summed E-state index contributed by atoms with van der Waals surface area (Å²) in [5.74, 6) is -0.598. The molecule has 2 aliphatic heterocycles. The van der Waals surface area contributed by atoms with Gasteiger partial charge in [0.15, 0.2) is 11.5 Å². The number of hydrogen-bond donors (Lipinski definition) is 0. The van der Waals surface area contributed by atoms with E-state index in [1.54, 1.807) is 31.2 Å². The number of ether oxygens (including phenoxy) is 2. The van der Waals surface area contributed by atoms with Crippen LogP contribution in [0.3, 0.4) is 0 Å². The summed E-state index contributed by atoms with van der Waals surface area (Å²) in [6.45, 7) is 4.17. The zero-order valence-corrected chi connectivity index (χ0v) is 21.9. The average Bonchev–Trinajstić information content (AvgIpc) is 3.50. The zero-order chi connectivity index (χ0) is 26.2. The summed E-state index contributed by atoms with van der Waals surface area (Å²) in [6.07, 6.45) is 1.44. The molecular weight excluding hydrogens is 522 g/mol. The lowest BCUT2D eigenvalue weighted by Gasteiger charge is -2.29. The second-order valence-corrected chi connectivity index (χ2v) is 11.5. The van der Waals surface area contributed by atoms with Crippen LogP contribution in [0, 0.1) is 11.6 Å². The van der Waals surface area contributed by atoms with Gasteiger partial charge in [-0.2, -0.15) is 0 Å². The van der Waals surface area contributed by atoms with Crippen molar-refractivity contribution in [3.8, 4) is 11.5 Å². The molecule has 0 bridgehead atoms. The molecule has 1 saturated heterocycles. The fourth-order valence-electron chi connectivity index (χ4n) is 4.79. The van der Waals surface area contributed by atoms with Crippen molar-refractivity contribution in [2.45, 2.75) is 37.4 Å². The van der Waals surface area contributed by atoms with Crippen LogP contribution in [0.2, 0.25) is 5.02 Å². The lowest BCUT2D eigenvalue weighted by Crippen LogP contribution is -2.38. The Bertz CT molecular complexity index is 1390. The van der Waals surface area contributed by atoms with E-state index >= 15 is 0 Å². The van der Waals surface area contributed by atoms with Gasteiger partial charge in [-0.25, -0.2) is 17.2 Å². The lowest BCUT2D eigenvalue weighted by atomic mass is 10.0. The summed E-state index contributed by atoms with van der Waals surface area (Å²) in [6, 6.07) is 12.9. The smallest absolute Gasteiger partial charge is 0.264 e. The quantitative estimate of drug-likeness (QED) is 0.366. The van der Waals surface area contributed by atoms with Crippen molar-refractivity contribution in [3.63, 3.8) is 0 Å². The molecule has 3 aromatic carbocycles. The summed E-state index contributed by atoms with van der Waals surface area (Å²) in [4.78, 5) is 2.24. The minimum atomic E-state index is -4.09. The molecule has 3 aromatic rings. The summed E-state index contributed by atoms with van der Waals surface area (Å²) in [5.41, 5.74) is 0.563. The number of likely N-dealkylation sites (tertiary alicyclic amines) is 1. The summed E-state index contributed by atoms with van der Waals surface area (Å²) in [7, 11) is -4.09. The Morgan fingerprint density at radius 1 is 1.00 bits per heavy atom. The van der Waals surface area contributed by atoms with E-state index in [4.69, 9.17) is 21.1 Å². The van der Waals surface area contributed by atoms with E-state index in [2.05, 4.69) is 4.90 Å². The summed E-state index contributed by atoms with van der Waals surface area (Å²) >= 11 is 6.26. The number of halogens is 3. The molecule has 0 radical (unpaired) electrons. The molecule has 1 fully saturated rings. The maximum atomic E-state index is 14.5. The van der Waals surface area contributed by atoms with Gasteiger partial charge in [-0.3, -0.25) is 4.31 Å². The fourth-order valence-corrected chi connectivity index (χ4v) is 6.49. The van der Waals surface area contributed by atoms with Gasteiger partial charge in [0.05, 0.1) is 10.6 Å². The molecule has 0 amide bonds. The highest BCUT2D eigenvalue weighted by molar-refractivity contribution is 7.92. The summed E-state index contributed by atoms with van der Waals surface area (Å²) in [5, 5.41) is 0.337. The fraction of sp³-hybridized carbons (Fsp3) is 0.333. The van der Waals surface area contributed by atoms with E-state index in [1.165, 1.54) is 34.6 Å². The molecular formula is C27H27ClF2N2O4S. The first-order valence-electron chi connectivity index (χ1n) is 12.2. The lowest BCUT2D eigenvalue weighted by molar-refractivity contribution is 0.0678. The van der Waals surface area contributed by atoms with E-state index in [0.717, 1.165) is 25.9 Å². The van der Waals surface area contributed by atoms with Crippen LogP contribution >= 0.6 is 11.6 Å².